The summed E-state index contributed by atoms with van der Waals surface area (Å²) in [6.45, 7) is 6.07. The topological polar surface area (TPSA) is 26.0 Å². The van der Waals surface area contributed by atoms with Crippen molar-refractivity contribution in [3.05, 3.63) is 23.4 Å². The molecule has 0 atom stereocenters. The van der Waals surface area contributed by atoms with Crippen LogP contribution in [0.25, 0.3) is 0 Å². The molecule has 0 radical (unpaired) electrons. The van der Waals surface area contributed by atoms with Crippen LogP contribution < -0.4 is 5.73 Å². The van der Waals surface area contributed by atoms with Gasteiger partial charge in [0.2, 0.25) is 0 Å². The third-order valence-electron chi connectivity index (χ3n) is 0.981. The van der Waals surface area contributed by atoms with Gasteiger partial charge >= 0.3 is 0 Å². The molecule has 2 N–H and O–H groups in total. The average Bonchev–Trinajstić information content (AvgIpc) is 1.63. The van der Waals surface area contributed by atoms with Crippen molar-refractivity contribution in [2.45, 2.75) is 27.2 Å². The predicted octanol–water partition coefficient (Wildman–Crippen LogP) is 2.21. The molecule has 0 bridgehead atoms. The summed E-state index contributed by atoms with van der Waals surface area (Å²) in [4.78, 5) is 0. The molecular weight excluding hydrogens is 110 g/mol. The van der Waals surface area contributed by atoms with E-state index in [0.29, 0.717) is 0 Å². The Morgan fingerprint density at radius 3 is 2.33 bits per heavy atom. The van der Waals surface area contributed by atoms with Crippen LogP contribution in [0.4, 0.5) is 0 Å². The summed E-state index contributed by atoms with van der Waals surface area (Å²) in [5.74, 6) is 0. The lowest BCUT2D eigenvalue weighted by Crippen LogP contribution is -1.89. The van der Waals surface area contributed by atoms with Gasteiger partial charge in [-0.2, -0.15) is 0 Å². The van der Waals surface area contributed by atoms with Crippen molar-refractivity contribution in [1.29, 1.82) is 0 Å². The van der Waals surface area contributed by atoms with Crippen molar-refractivity contribution in [1.82, 2.24) is 0 Å². The minimum absolute atomic E-state index is 0.872. The second kappa shape index (κ2) is 4.19. The van der Waals surface area contributed by atoms with Gasteiger partial charge < -0.3 is 5.73 Å². The van der Waals surface area contributed by atoms with Crippen LogP contribution in [-0.4, -0.2) is 0 Å². The van der Waals surface area contributed by atoms with Gasteiger partial charge in [0, 0.05) is 5.70 Å². The molecule has 0 unspecified atom stereocenters. The minimum atomic E-state index is 0.872. The van der Waals surface area contributed by atoms with Crippen molar-refractivity contribution < 1.29 is 0 Å². The fourth-order valence-electron chi connectivity index (χ4n) is 0.740. The van der Waals surface area contributed by atoms with E-state index in [0.717, 1.165) is 12.1 Å². The molecule has 1 heteroatoms. The smallest absolute Gasteiger partial charge is 0.00514 e. The van der Waals surface area contributed by atoms with Gasteiger partial charge in [0.05, 0.1) is 0 Å². The molecular formula is C8H15N. The third-order valence-corrected chi connectivity index (χ3v) is 0.981. The molecule has 0 amide bonds. The number of hydrogen-bond acceptors (Lipinski definition) is 1. The monoisotopic (exact) mass is 125 g/mol. The first-order valence-corrected chi connectivity index (χ1v) is 3.27. The van der Waals surface area contributed by atoms with Gasteiger partial charge in [-0.05, 0) is 26.3 Å². The molecule has 52 valence electrons. The Kier molecular flexibility index (Phi) is 3.85. The van der Waals surface area contributed by atoms with E-state index in [-0.39, 0.29) is 0 Å². The molecule has 0 fully saturated rings. The fraction of sp³-hybridized carbons (Fsp3) is 0.500. The SMILES string of the molecule is CC/C=C(C)\C=C(/C)N. The Balaban J connectivity index is 3.90. The maximum Gasteiger partial charge on any atom is 0.00514 e. The molecule has 0 aliphatic heterocycles. The van der Waals surface area contributed by atoms with E-state index < -0.39 is 0 Å². The van der Waals surface area contributed by atoms with E-state index in [1.807, 2.05) is 13.0 Å². The van der Waals surface area contributed by atoms with Gasteiger partial charge in [0.25, 0.3) is 0 Å². The van der Waals surface area contributed by atoms with Gasteiger partial charge in [0.1, 0.15) is 0 Å². The quantitative estimate of drug-likeness (QED) is 0.562. The summed E-state index contributed by atoms with van der Waals surface area (Å²) >= 11 is 0. The first-order chi connectivity index (χ1) is 4.16. The molecule has 0 aromatic carbocycles. The van der Waals surface area contributed by atoms with Crippen LogP contribution >= 0.6 is 0 Å². The van der Waals surface area contributed by atoms with E-state index in [4.69, 9.17) is 5.73 Å². The number of rotatable bonds is 2. The second-order valence-corrected chi connectivity index (χ2v) is 2.24. The Labute approximate surface area is 57.3 Å². The maximum atomic E-state index is 5.44. The molecule has 1 nitrogen and oxygen atoms in total. The van der Waals surface area contributed by atoms with Crippen LogP contribution in [0.1, 0.15) is 27.2 Å². The fourth-order valence-corrected chi connectivity index (χ4v) is 0.740. The van der Waals surface area contributed by atoms with E-state index in [9.17, 15) is 0 Å². The van der Waals surface area contributed by atoms with Crippen LogP contribution in [0.5, 0.6) is 0 Å². The molecule has 0 heterocycles. The molecule has 0 saturated carbocycles. The summed E-state index contributed by atoms with van der Waals surface area (Å²) in [5, 5.41) is 0. The number of hydrogen-bond donors (Lipinski definition) is 1. The third kappa shape index (κ3) is 5.15. The number of allylic oxidation sites excluding steroid dienone is 4. The first kappa shape index (κ1) is 8.28. The zero-order valence-electron chi connectivity index (χ0n) is 6.44. The van der Waals surface area contributed by atoms with Gasteiger partial charge in [-0.1, -0.05) is 18.6 Å². The normalized spacial score (nSPS) is 14.1. The number of nitrogens with two attached hydrogens (primary N) is 1. The standard InChI is InChI=1S/C8H15N/c1-4-5-7(2)6-8(3)9/h5-6H,4,9H2,1-3H3/b7-5-,8-6+. The summed E-state index contributed by atoms with van der Waals surface area (Å²) in [5.41, 5.74) is 7.56. The Morgan fingerprint density at radius 1 is 1.44 bits per heavy atom. The molecule has 0 spiro atoms. The van der Waals surface area contributed by atoms with Gasteiger partial charge in [-0.15, -0.1) is 0 Å². The van der Waals surface area contributed by atoms with Crippen LogP contribution in [-0.2, 0) is 0 Å². The van der Waals surface area contributed by atoms with Gasteiger partial charge in [-0.25, -0.2) is 0 Å². The summed E-state index contributed by atoms with van der Waals surface area (Å²) in [6.07, 6.45) is 5.20. The zero-order valence-corrected chi connectivity index (χ0v) is 6.44. The molecule has 0 aliphatic rings. The lowest BCUT2D eigenvalue weighted by molar-refractivity contribution is 1.19. The molecule has 0 aliphatic carbocycles. The average molecular weight is 125 g/mol. The van der Waals surface area contributed by atoms with Crippen LogP contribution in [0.3, 0.4) is 0 Å². The molecule has 0 aromatic heterocycles. The molecule has 0 saturated heterocycles. The minimum Gasteiger partial charge on any atom is -0.402 e. The van der Waals surface area contributed by atoms with E-state index >= 15 is 0 Å². The summed E-state index contributed by atoms with van der Waals surface area (Å²) in [7, 11) is 0. The van der Waals surface area contributed by atoms with E-state index in [1.165, 1.54) is 5.57 Å². The summed E-state index contributed by atoms with van der Waals surface area (Å²) in [6, 6.07) is 0. The van der Waals surface area contributed by atoms with Crippen LogP contribution in [0.2, 0.25) is 0 Å². The van der Waals surface area contributed by atoms with Crippen molar-refractivity contribution in [3.8, 4) is 0 Å². The van der Waals surface area contributed by atoms with Crippen LogP contribution in [0, 0.1) is 0 Å². The van der Waals surface area contributed by atoms with Crippen LogP contribution in [0.15, 0.2) is 23.4 Å². The lowest BCUT2D eigenvalue weighted by Gasteiger charge is -1.91. The van der Waals surface area contributed by atoms with Gasteiger partial charge in [-0.3, -0.25) is 0 Å². The highest BCUT2D eigenvalue weighted by Crippen LogP contribution is 1.97. The highest BCUT2D eigenvalue weighted by Gasteiger charge is 1.80. The summed E-state index contributed by atoms with van der Waals surface area (Å²) < 4.78 is 0. The predicted molar refractivity (Wildman–Crippen MR) is 42.0 cm³/mol. The first-order valence-electron chi connectivity index (χ1n) is 3.27. The molecule has 0 rings (SSSR count). The largest absolute Gasteiger partial charge is 0.402 e. The molecule has 0 aromatic rings. The van der Waals surface area contributed by atoms with Crippen molar-refractivity contribution in [3.63, 3.8) is 0 Å². The Morgan fingerprint density at radius 2 is 2.00 bits per heavy atom. The Hall–Kier alpha value is -0.720. The molecule has 9 heavy (non-hydrogen) atoms. The maximum absolute atomic E-state index is 5.44. The van der Waals surface area contributed by atoms with Crippen molar-refractivity contribution >= 4 is 0 Å². The lowest BCUT2D eigenvalue weighted by atomic mass is 10.2. The van der Waals surface area contributed by atoms with E-state index in [2.05, 4.69) is 19.9 Å². The van der Waals surface area contributed by atoms with Crippen molar-refractivity contribution in [2.24, 2.45) is 5.73 Å². The van der Waals surface area contributed by atoms with Gasteiger partial charge in [0.15, 0.2) is 0 Å². The second-order valence-electron chi connectivity index (χ2n) is 2.24. The zero-order chi connectivity index (χ0) is 7.28. The highest BCUT2D eigenvalue weighted by molar-refractivity contribution is 5.18. The highest BCUT2D eigenvalue weighted by atomic mass is 14.5. The Bertz CT molecular complexity index is 128. The van der Waals surface area contributed by atoms with Crippen molar-refractivity contribution in [2.75, 3.05) is 0 Å². The van der Waals surface area contributed by atoms with E-state index in [1.54, 1.807) is 0 Å².